The van der Waals surface area contributed by atoms with Crippen LogP contribution in [0.4, 0.5) is 4.79 Å². The summed E-state index contributed by atoms with van der Waals surface area (Å²) in [4.78, 5) is 22.8. The van der Waals surface area contributed by atoms with Crippen molar-refractivity contribution in [2.45, 2.75) is 45.6 Å². The maximum absolute atomic E-state index is 11.5. The number of carbonyl (C=O) groups is 2. The van der Waals surface area contributed by atoms with Crippen molar-refractivity contribution in [2.24, 2.45) is 0 Å². The van der Waals surface area contributed by atoms with Gasteiger partial charge in [-0.25, -0.2) is 10.2 Å². The Hall–Kier alpha value is -2.04. The van der Waals surface area contributed by atoms with Gasteiger partial charge in [0.2, 0.25) is 5.91 Å². The number of aryl methyl sites for hydroxylation is 1. The first kappa shape index (κ1) is 16.0. The van der Waals surface area contributed by atoms with Gasteiger partial charge in [-0.15, -0.1) is 0 Å². The lowest BCUT2D eigenvalue weighted by atomic mass is 10.1. The Kier molecular flexibility index (Phi) is 6.03. The van der Waals surface area contributed by atoms with Crippen molar-refractivity contribution in [2.75, 3.05) is 0 Å². The fraction of sp³-hybridized carbons (Fsp3) is 0.467. The highest BCUT2D eigenvalue weighted by atomic mass is 16.6. The van der Waals surface area contributed by atoms with Crippen LogP contribution in [0.2, 0.25) is 0 Å². The minimum Gasteiger partial charge on any atom is -0.443 e. The zero-order valence-electron chi connectivity index (χ0n) is 12.2. The highest BCUT2D eigenvalue weighted by Crippen LogP contribution is 2.06. The van der Waals surface area contributed by atoms with Crippen LogP contribution in [0.1, 0.15) is 39.2 Å². The average Bonchev–Trinajstić information content (AvgIpc) is 2.36. The Labute approximate surface area is 119 Å². The van der Waals surface area contributed by atoms with Gasteiger partial charge in [0.05, 0.1) is 0 Å². The summed E-state index contributed by atoms with van der Waals surface area (Å²) in [5, 5.41) is 0. The summed E-state index contributed by atoms with van der Waals surface area (Å²) in [6, 6.07) is 9.95. The fourth-order valence-electron chi connectivity index (χ4n) is 1.58. The van der Waals surface area contributed by atoms with Crippen LogP contribution < -0.4 is 10.9 Å². The van der Waals surface area contributed by atoms with Crippen molar-refractivity contribution in [3.05, 3.63) is 35.9 Å². The predicted octanol–water partition coefficient (Wildman–Crippen LogP) is 2.57. The van der Waals surface area contributed by atoms with Gasteiger partial charge in [-0.3, -0.25) is 10.2 Å². The number of carbonyl (C=O) groups excluding carboxylic acids is 2. The van der Waals surface area contributed by atoms with Gasteiger partial charge in [0.25, 0.3) is 0 Å². The lowest BCUT2D eigenvalue weighted by Gasteiger charge is -2.19. The van der Waals surface area contributed by atoms with Crippen LogP contribution in [0.15, 0.2) is 30.3 Å². The van der Waals surface area contributed by atoms with E-state index in [1.807, 2.05) is 30.3 Å². The molecule has 0 saturated carbocycles. The van der Waals surface area contributed by atoms with Crippen molar-refractivity contribution < 1.29 is 14.3 Å². The molecule has 0 aromatic heterocycles. The largest absolute Gasteiger partial charge is 0.443 e. The third-order valence-electron chi connectivity index (χ3n) is 2.41. The van der Waals surface area contributed by atoms with Crippen molar-refractivity contribution >= 4 is 12.0 Å². The van der Waals surface area contributed by atoms with Crippen molar-refractivity contribution in [3.8, 4) is 0 Å². The fourth-order valence-corrected chi connectivity index (χ4v) is 1.58. The molecule has 0 saturated heterocycles. The Balaban J connectivity index is 2.16. The second-order valence-electron chi connectivity index (χ2n) is 5.51. The molecule has 2 amide bonds. The number of benzene rings is 1. The normalized spacial score (nSPS) is 10.8. The molecular formula is C15H22N2O3. The molecule has 0 aliphatic rings. The molecular weight excluding hydrogens is 256 g/mol. The van der Waals surface area contributed by atoms with E-state index >= 15 is 0 Å². The van der Waals surface area contributed by atoms with Gasteiger partial charge in [0.1, 0.15) is 5.60 Å². The Morgan fingerprint density at radius 1 is 1.10 bits per heavy atom. The molecule has 0 atom stereocenters. The number of amides is 2. The molecule has 110 valence electrons. The SMILES string of the molecule is CC(C)(C)OC(=O)NNC(=O)CCCc1ccccc1. The molecule has 1 aromatic carbocycles. The quantitative estimate of drug-likeness (QED) is 0.832. The Bertz CT molecular complexity index is 438. The first-order valence-electron chi connectivity index (χ1n) is 6.68. The highest BCUT2D eigenvalue weighted by Gasteiger charge is 2.16. The van der Waals surface area contributed by atoms with Crippen molar-refractivity contribution in [1.29, 1.82) is 0 Å². The second-order valence-corrected chi connectivity index (χ2v) is 5.51. The number of hydrazine groups is 1. The van der Waals surface area contributed by atoms with E-state index in [4.69, 9.17) is 4.74 Å². The van der Waals surface area contributed by atoms with E-state index < -0.39 is 11.7 Å². The van der Waals surface area contributed by atoms with Crippen LogP contribution in [0.25, 0.3) is 0 Å². The molecule has 0 unspecified atom stereocenters. The summed E-state index contributed by atoms with van der Waals surface area (Å²) in [5.41, 5.74) is 5.17. The summed E-state index contributed by atoms with van der Waals surface area (Å²) in [6.07, 6.45) is 1.26. The number of ether oxygens (including phenoxy) is 1. The monoisotopic (exact) mass is 278 g/mol. The summed E-state index contributed by atoms with van der Waals surface area (Å²) in [6.45, 7) is 5.27. The summed E-state index contributed by atoms with van der Waals surface area (Å²) in [7, 11) is 0. The smallest absolute Gasteiger partial charge is 0.426 e. The van der Waals surface area contributed by atoms with Crippen LogP contribution in [-0.2, 0) is 16.0 Å². The summed E-state index contributed by atoms with van der Waals surface area (Å²) < 4.78 is 5.00. The van der Waals surface area contributed by atoms with E-state index in [-0.39, 0.29) is 5.91 Å². The first-order chi connectivity index (χ1) is 9.37. The molecule has 1 aromatic rings. The lowest BCUT2D eigenvalue weighted by Crippen LogP contribution is -2.44. The molecule has 1 rings (SSSR count). The standard InChI is InChI=1S/C15H22N2O3/c1-15(2,3)20-14(19)17-16-13(18)11-7-10-12-8-5-4-6-9-12/h4-6,8-9H,7,10-11H2,1-3H3,(H,16,18)(H,17,19). The average molecular weight is 278 g/mol. The molecule has 5 heteroatoms. The minimum atomic E-state index is -0.658. The lowest BCUT2D eigenvalue weighted by molar-refractivity contribution is -0.122. The molecule has 0 aliphatic carbocycles. The molecule has 0 spiro atoms. The molecule has 0 heterocycles. The zero-order valence-corrected chi connectivity index (χ0v) is 12.2. The number of rotatable bonds is 4. The van der Waals surface area contributed by atoms with E-state index in [0.29, 0.717) is 6.42 Å². The minimum absolute atomic E-state index is 0.230. The first-order valence-corrected chi connectivity index (χ1v) is 6.68. The van der Waals surface area contributed by atoms with Crippen LogP contribution >= 0.6 is 0 Å². The van der Waals surface area contributed by atoms with Gasteiger partial charge in [0.15, 0.2) is 0 Å². The highest BCUT2D eigenvalue weighted by molar-refractivity contribution is 5.79. The van der Waals surface area contributed by atoms with Gasteiger partial charge >= 0.3 is 6.09 Å². The molecule has 2 N–H and O–H groups in total. The van der Waals surface area contributed by atoms with Crippen LogP contribution in [0, 0.1) is 0 Å². The molecule has 5 nitrogen and oxygen atoms in total. The van der Waals surface area contributed by atoms with Crippen LogP contribution in [-0.4, -0.2) is 17.6 Å². The third kappa shape index (κ3) is 7.41. The summed E-state index contributed by atoms with van der Waals surface area (Å²) >= 11 is 0. The third-order valence-corrected chi connectivity index (χ3v) is 2.41. The Morgan fingerprint density at radius 3 is 2.35 bits per heavy atom. The van der Waals surface area contributed by atoms with Gasteiger partial charge in [-0.05, 0) is 39.2 Å². The molecule has 20 heavy (non-hydrogen) atoms. The van der Waals surface area contributed by atoms with Gasteiger partial charge in [-0.2, -0.15) is 0 Å². The summed E-state index contributed by atoms with van der Waals surface area (Å²) in [5.74, 6) is -0.230. The van der Waals surface area contributed by atoms with Crippen molar-refractivity contribution in [1.82, 2.24) is 10.9 Å². The Morgan fingerprint density at radius 2 is 1.75 bits per heavy atom. The zero-order chi connectivity index (χ0) is 15.0. The topological polar surface area (TPSA) is 67.4 Å². The van der Waals surface area contributed by atoms with Crippen molar-refractivity contribution in [3.63, 3.8) is 0 Å². The number of hydrogen-bond donors (Lipinski definition) is 2. The van der Waals surface area contributed by atoms with E-state index in [1.165, 1.54) is 5.56 Å². The maximum atomic E-state index is 11.5. The van der Waals surface area contributed by atoms with E-state index in [1.54, 1.807) is 20.8 Å². The molecule has 0 bridgehead atoms. The number of nitrogens with one attached hydrogen (secondary N) is 2. The van der Waals surface area contributed by atoms with Gasteiger partial charge < -0.3 is 4.74 Å². The van der Waals surface area contributed by atoms with E-state index in [9.17, 15) is 9.59 Å². The van der Waals surface area contributed by atoms with E-state index in [2.05, 4.69) is 10.9 Å². The van der Waals surface area contributed by atoms with Gasteiger partial charge in [0, 0.05) is 6.42 Å². The van der Waals surface area contributed by atoms with Crippen LogP contribution in [0.3, 0.4) is 0 Å². The second kappa shape index (κ2) is 7.53. The molecule has 0 radical (unpaired) electrons. The maximum Gasteiger partial charge on any atom is 0.426 e. The van der Waals surface area contributed by atoms with E-state index in [0.717, 1.165) is 12.8 Å². The van der Waals surface area contributed by atoms with Gasteiger partial charge in [-0.1, -0.05) is 30.3 Å². The predicted molar refractivity (Wildman–Crippen MR) is 76.9 cm³/mol. The number of hydrogen-bond acceptors (Lipinski definition) is 3. The molecule has 0 fully saturated rings. The van der Waals surface area contributed by atoms with Crippen LogP contribution in [0.5, 0.6) is 0 Å². The molecule has 0 aliphatic heterocycles.